The summed E-state index contributed by atoms with van der Waals surface area (Å²) < 4.78 is 30.9. The molecule has 0 bridgehead atoms. The molecule has 0 radical (unpaired) electrons. The lowest BCUT2D eigenvalue weighted by atomic mass is 10.1. The topological polar surface area (TPSA) is 82.2 Å². The molecule has 0 aliphatic carbocycles. The van der Waals surface area contributed by atoms with Gasteiger partial charge in [0, 0.05) is 57.9 Å². The van der Waals surface area contributed by atoms with E-state index in [1.807, 2.05) is 24.3 Å². The Kier molecular flexibility index (Phi) is 8.64. The van der Waals surface area contributed by atoms with E-state index in [4.69, 9.17) is 4.74 Å². The summed E-state index contributed by atoms with van der Waals surface area (Å²) in [4.78, 5) is 17.1. The number of piperazine rings is 1. The van der Waals surface area contributed by atoms with E-state index in [9.17, 15) is 13.2 Å². The Bertz CT molecular complexity index is 788. The van der Waals surface area contributed by atoms with Crippen LogP contribution in [-0.4, -0.2) is 99.8 Å². The number of carbonyl (C=O) groups is 1. The molecule has 3 rings (SSSR count). The third-order valence-electron chi connectivity index (χ3n) is 5.73. The van der Waals surface area contributed by atoms with Gasteiger partial charge in [0.05, 0.1) is 19.0 Å². The molecule has 0 saturated carbocycles. The minimum Gasteiger partial charge on any atom is -0.379 e. The van der Waals surface area contributed by atoms with E-state index >= 15 is 0 Å². The molecule has 0 aromatic heterocycles. The van der Waals surface area contributed by atoms with Crippen LogP contribution in [0.5, 0.6) is 0 Å². The van der Waals surface area contributed by atoms with E-state index in [0.717, 1.165) is 51.4 Å². The molecule has 1 N–H and O–H groups in total. The van der Waals surface area contributed by atoms with Crippen LogP contribution in [0.15, 0.2) is 24.3 Å². The zero-order chi connectivity index (χ0) is 21.4. The number of nitrogens with one attached hydrogen (secondary N) is 1. The summed E-state index contributed by atoms with van der Waals surface area (Å²) in [6, 6.07) is 7.71. The van der Waals surface area contributed by atoms with Crippen molar-refractivity contribution in [3.05, 3.63) is 35.4 Å². The molecule has 2 fully saturated rings. The van der Waals surface area contributed by atoms with Crippen molar-refractivity contribution in [2.24, 2.45) is 0 Å². The normalized spacial score (nSPS) is 19.6. The van der Waals surface area contributed by atoms with Crippen LogP contribution in [0.2, 0.25) is 0 Å². The van der Waals surface area contributed by atoms with E-state index in [1.165, 1.54) is 0 Å². The van der Waals surface area contributed by atoms with Gasteiger partial charge in [-0.1, -0.05) is 12.1 Å². The quantitative estimate of drug-likeness (QED) is 0.569. The number of ether oxygens (including phenoxy) is 1. The van der Waals surface area contributed by atoms with Crippen molar-refractivity contribution in [3.63, 3.8) is 0 Å². The van der Waals surface area contributed by atoms with E-state index in [2.05, 4.69) is 15.1 Å². The molecule has 0 atom stereocenters. The fraction of sp³-hybridized carbons (Fsp3) is 0.667. The van der Waals surface area contributed by atoms with Gasteiger partial charge in [-0.05, 0) is 37.6 Å². The number of carbonyl (C=O) groups excluding carboxylic acids is 1. The number of sulfonamides is 1. The minimum atomic E-state index is -3.11. The molecule has 2 heterocycles. The van der Waals surface area contributed by atoms with E-state index in [-0.39, 0.29) is 11.7 Å². The summed E-state index contributed by atoms with van der Waals surface area (Å²) >= 11 is 0. The Balaban J connectivity index is 1.42. The zero-order valence-electron chi connectivity index (χ0n) is 17.9. The van der Waals surface area contributed by atoms with Gasteiger partial charge in [0.1, 0.15) is 0 Å². The minimum absolute atomic E-state index is 0.0438. The molecule has 0 spiro atoms. The molecule has 168 valence electrons. The van der Waals surface area contributed by atoms with E-state index < -0.39 is 10.0 Å². The summed E-state index contributed by atoms with van der Waals surface area (Å²) in [6.07, 6.45) is 0.927. The first-order chi connectivity index (χ1) is 14.5. The molecule has 30 heavy (non-hydrogen) atoms. The number of morpholine rings is 1. The van der Waals surface area contributed by atoms with Gasteiger partial charge in [0.2, 0.25) is 10.0 Å². The maximum atomic E-state index is 12.5. The molecule has 2 aliphatic heterocycles. The van der Waals surface area contributed by atoms with Crippen molar-refractivity contribution in [1.82, 2.24) is 19.4 Å². The second kappa shape index (κ2) is 11.2. The van der Waals surface area contributed by atoms with Crippen LogP contribution in [0.3, 0.4) is 0 Å². The van der Waals surface area contributed by atoms with E-state index in [0.29, 0.717) is 38.3 Å². The van der Waals surface area contributed by atoms with Crippen molar-refractivity contribution in [1.29, 1.82) is 0 Å². The number of rotatable bonds is 9. The smallest absolute Gasteiger partial charge is 0.251 e. The van der Waals surface area contributed by atoms with Crippen LogP contribution in [-0.2, 0) is 21.3 Å². The number of benzene rings is 1. The highest BCUT2D eigenvalue weighted by atomic mass is 32.2. The lowest BCUT2D eigenvalue weighted by molar-refractivity contribution is 0.0374. The molecule has 0 unspecified atom stereocenters. The highest BCUT2D eigenvalue weighted by Crippen LogP contribution is 2.13. The third kappa shape index (κ3) is 6.75. The van der Waals surface area contributed by atoms with Crippen LogP contribution < -0.4 is 5.32 Å². The first kappa shape index (κ1) is 23.1. The predicted molar refractivity (Wildman–Crippen MR) is 117 cm³/mol. The predicted octanol–water partition coefficient (Wildman–Crippen LogP) is 0.606. The highest BCUT2D eigenvalue weighted by Gasteiger charge is 2.25. The van der Waals surface area contributed by atoms with Crippen molar-refractivity contribution < 1.29 is 17.9 Å². The fourth-order valence-electron chi connectivity index (χ4n) is 3.85. The molecule has 1 amide bonds. The number of hydrogen-bond acceptors (Lipinski definition) is 6. The van der Waals surface area contributed by atoms with Crippen LogP contribution in [0.4, 0.5) is 0 Å². The first-order valence-electron chi connectivity index (χ1n) is 10.9. The van der Waals surface area contributed by atoms with Gasteiger partial charge in [0.15, 0.2) is 0 Å². The molecule has 1 aromatic rings. The third-order valence-corrected chi connectivity index (χ3v) is 7.61. The average molecular weight is 439 g/mol. The summed E-state index contributed by atoms with van der Waals surface area (Å²) in [5.74, 6) is 0.106. The molecular weight excluding hydrogens is 404 g/mol. The maximum Gasteiger partial charge on any atom is 0.251 e. The number of hydrogen-bond donors (Lipinski definition) is 1. The van der Waals surface area contributed by atoms with Gasteiger partial charge in [-0.25, -0.2) is 8.42 Å². The summed E-state index contributed by atoms with van der Waals surface area (Å²) in [5.41, 5.74) is 1.74. The van der Waals surface area contributed by atoms with Gasteiger partial charge in [-0.3, -0.25) is 14.6 Å². The molecular formula is C21H34N4O4S. The van der Waals surface area contributed by atoms with Crippen LogP contribution in [0, 0.1) is 0 Å². The fourth-order valence-corrected chi connectivity index (χ4v) is 4.93. The summed E-state index contributed by atoms with van der Waals surface area (Å²) in [7, 11) is -3.11. The number of nitrogens with zero attached hydrogens (tertiary/aromatic N) is 3. The lowest BCUT2D eigenvalue weighted by Crippen LogP contribution is -2.48. The largest absolute Gasteiger partial charge is 0.379 e. The van der Waals surface area contributed by atoms with Crippen molar-refractivity contribution in [2.45, 2.75) is 19.9 Å². The van der Waals surface area contributed by atoms with Gasteiger partial charge in [0.25, 0.3) is 5.91 Å². The SMILES string of the molecule is CCS(=O)(=O)N1CCN(Cc2cccc(C(=O)NCCCN3CCOCC3)c2)CC1. The van der Waals surface area contributed by atoms with E-state index in [1.54, 1.807) is 11.2 Å². The van der Waals surface area contributed by atoms with Gasteiger partial charge in [-0.2, -0.15) is 4.31 Å². The molecule has 9 heteroatoms. The Hall–Kier alpha value is -1.52. The Morgan fingerprint density at radius 1 is 1.07 bits per heavy atom. The Morgan fingerprint density at radius 2 is 1.80 bits per heavy atom. The molecule has 1 aromatic carbocycles. The first-order valence-corrected chi connectivity index (χ1v) is 12.5. The molecule has 2 saturated heterocycles. The van der Waals surface area contributed by atoms with Crippen LogP contribution >= 0.6 is 0 Å². The van der Waals surface area contributed by atoms with Crippen LogP contribution in [0.25, 0.3) is 0 Å². The Labute approximate surface area is 180 Å². The summed E-state index contributed by atoms with van der Waals surface area (Å²) in [6.45, 7) is 10.0. The second-order valence-electron chi connectivity index (χ2n) is 7.84. The van der Waals surface area contributed by atoms with Crippen molar-refractivity contribution >= 4 is 15.9 Å². The number of amides is 1. The molecule has 2 aliphatic rings. The van der Waals surface area contributed by atoms with Gasteiger partial charge < -0.3 is 10.1 Å². The van der Waals surface area contributed by atoms with Crippen LogP contribution in [0.1, 0.15) is 29.3 Å². The maximum absolute atomic E-state index is 12.5. The van der Waals surface area contributed by atoms with Gasteiger partial charge >= 0.3 is 0 Å². The standard InChI is InChI=1S/C21H34N4O4S/c1-2-30(27,28)25-11-9-24(10-12-25)18-19-5-3-6-20(17-19)21(26)22-7-4-8-23-13-15-29-16-14-23/h3,5-6,17H,2,4,7-16,18H2,1H3,(H,22,26). The Morgan fingerprint density at radius 3 is 2.50 bits per heavy atom. The average Bonchev–Trinajstić information content (AvgIpc) is 2.78. The zero-order valence-corrected chi connectivity index (χ0v) is 18.7. The lowest BCUT2D eigenvalue weighted by Gasteiger charge is -2.33. The van der Waals surface area contributed by atoms with Crippen molar-refractivity contribution in [2.75, 3.05) is 71.3 Å². The second-order valence-corrected chi connectivity index (χ2v) is 10.1. The van der Waals surface area contributed by atoms with Gasteiger partial charge in [-0.15, -0.1) is 0 Å². The summed E-state index contributed by atoms with van der Waals surface area (Å²) in [5, 5.41) is 3.01. The molecule has 8 nitrogen and oxygen atoms in total. The monoisotopic (exact) mass is 438 g/mol. The highest BCUT2D eigenvalue weighted by molar-refractivity contribution is 7.89. The van der Waals surface area contributed by atoms with Crippen molar-refractivity contribution in [3.8, 4) is 0 Å².